The maximum absolute atomic E-state index is 12.4. The number of esters is 1. The minimum absolute atomic E-state index is 0.129. The molecule has 0 saturated heterocycles. The Bertz CT molecular complexity index is 573. The van der Waals surface area contributed by atoms with Gasteiger partial charge in [0, 0.05) is 0 Å². The first kappa shape index (κ1) is 21.2. The number of unbranched alkanes of at least 4 members (excludes halogenated alkanes) is 3. The maximum atomic E-state index is 12.4. The van der Waals surface area contributed by atoms with E-state index in [1.54, 1.807) is 0 Å². The van der Waals surface area contributed by atoms with E-state index in [9.17, 15) is 10.1 Å². The number of rotatable bonds is 10. The van der Waals surface area contributed by atoms with Crippen molar-refractivity contribution in [2.45, 2.75) is 59.0 Å². The molecular formula is C21H33N2O2+. The van der Waals surface area contributed by atoms with Crippen molar-refractivity contribution in [1.29, 1.82) is 5.26 Å². The van der Waals surface area contributed by atoms with Crippen LogP contribution in [0.2, 0.25) is 0 Å². The van der Waals surface area contributed by atoms with Crippen LogP contribution in [0.15, 0.2) is 24.3 Å². The van der Waals surface area contributed by atoms with E-state index in [0.29, 0.717) is 11.0 Å². The van der Waals surface area contributed by atoms with Gasteiger partial charge in [-0.15, -0.1) is 0 Å². The zero-order valence-corrected chi connectivity index (χ0v) is 16.4. The number of nitrogens with zero attached hydrogens (tertiary/aromatic N) is 2. The Morgan fingerprint density at radius 1 is 1.20 bits per heavy atom. The van der Waals surface area contributed by atoms with Gasteiger partial charge in [0.15, 0.2) is 5.92 Å². The van der Waals surface area contributed by atoms with E-state index >= 15 is 0 Å². The van der Waals surface area contributed by atoms with Crippen molar-refractivity contribution in [3.05, 3.63) is 29.8 Å². The fourth-order valence-corrected chi connectivity index (χ4v) is 2.88. The van der Waals surface area contributed by atoms with E-state index in [4.69, 9.17) is 4.74 Å². The van der Waals surface area contributed by atoms with Crippen LogP contribution < -0.4 is 4.48 Å². The molecule has 0 aromatic heterocycles. The Morgan fingerprint density at radius 3 is 2.40 bits per heavy atom. The lowest BCUT2D eigenvalue weighted by molar-refractivity contribution is -0.151. The van der Waals surface area contributed by atoms with Gasteiger partial charge < -0.3 is 4.74 Å². The van der Waals surface area contributed by atoms with Gasteiger partial charge in [-0.05, 0) is 38.8 Å². The molecule has 0 aliphatic heterocycles. The van der Waals surface area contributed by atoms with Crippen molar-refractivity contribution in [2.75, 3.05) is 20.6 Å². The van der Waals surface area contributed by atoms with Crippen LogP contribution >= 0.6 is 0 Å². The number of carbonyl (C=O) groups is 1. The summed E-state index contributed by atoms with van der Waals surface area (Å²) in [6.07, 6.45) is 5.36. The van der Waals surface area contributed by atoms with Gasteiger partial charge >= 0.3 is 5.97 Å². The van der Waals surface area contributed by atoms with Crippen LogP contribution in [0.1, 0.15) is 51.5 Å². The number of ether oxygens (including phenoxy) is 1. The van der Waals surface area contributed by atoms with Crippen LogP contribution in [0.3, 0.4) is 0 Å². The molecule has 1 aromatic carbocycles. The number of benzene rings is 1. The van der Waals surface area contributed by atoms with Crippen LogP contribution in [0.25, 0.3) is 0 Å². The number of quaternary nitrogens is 1. The highest BCUT2D eigenvalue weighted by Crippen LogP contribution is 2.22. The van der Waals surface area contributed by atoms with Crippen molar-refractivity contribution in [3.8, 4) is 6.07 Å². The Labute approximate surface area is 153 Å². The number of nitriles is 1. The number of hydrogen-bond acceptors (Lipinski definition) is 3. The molecule has 4 heteroatoms. The summed E-state index contributed by atoms with van der Waals surface area (Å²) in [5.74, 6) is -1.15. The van der Waals surface area contributed by atoms with Crippen LogP contribution in [0.4, 0.5) is 5.69 Å². The van der Waals surface area contributed by atoms with E-state index in [1.165, 1.54) is 18.4 Å². The lowest BCUT2D eigenvalue weighted by Crippen LogP contribution is -2.46. The smallest absolute Gasteiger partial charge is 0.329 e. The normalized spacial score (nSPS) is 13.8. The molecule has 0 bridgehead atoms. The maximum Gasteiger partial charge on any atom is 0.329 e. The van der Waals surface area contributed by atoms with Crippen molar-refractivity contribution in [1.82, 2.24) is 4.48 Å². The summed E-state index contributed by atoms with van der Waals surface area (Å²) in [4.78, 5) is 12.4. The summed E-state index contributed by atoms with van der Waals surface area (Å²) >= 11 is 0. The summed E-state index contributed by atoms with van der Waals surface area (Å²) < 4.78 is 5.98. The first-order chi connectivity index (χ1) is 11.8. The lowest BCUT2D eigenvalue weighted by Gasteiger charge is -2.30. The molecule has 0 saturated carbocycles. The standard InChI is InChI=1S/C21H33N2O2/c1-6-7-8-9-10-18(3)25-21(24)19(15-22)16-23(4,5)20-13-11-17(2)12-14-20/h11-14,18-19H,6-10,16H2,1-5H3/q+1. The Kier molecular flexibility index (Phi) is 8.65. The van der Waals surface area contributed by atoms with Crippen LogP contribution in [-0.4, -0.2) is 32.7 Å². The van der Waals surface area contributed by atoms with Gasteiger partial charge in [-0.25, -0.2) is 0 Å². The Hall–Kier alpha value is -1.86. The predicted molar refractivity (Wildman–Crippen MR) is 103 cm³/mol. The fourth-order valence-electron chi connectivity index (χ4n) is 2.88. The third-order valence-electron chi connectivity index (χ3n) is 4.59. The second-order valence-electron chi connectivity index (χ2n) is 7.48. The molecule has 1 rings (SSSR count). The van der Waals surface area contributed by atoms with Gasteiger partial charge in [-0.1, -0.05) is 43.9 Å². The van der Waals surface area contributed by atoms with Crippen LogP contribution in [-0.2, 0) is 9.53 Å². The molecule has 0 spiro atoms. The fraction of sp³-hybridized carbons (Fsp3) is 0.619. The van der Waals surface area contributed by atoms with Gasteiger partial charge in [0.1, 0.15) is 12.2 Å². The van der Waals surface area contributed by atoms with E-state index in [1.807, 2.05) is 52.2 Å². The zero-order chi connectivity index (χ0) is 18.9. The van der Waals surface area contributed by atoms with Crippen LogP contribution in [0.5, 0.6) is 0 Å². The SMILES string of the molecule is CCCCCCC(C)OC(=O)C(C#N)C[N+](C)(C)c1ccc(C)cc1. The summed E-state index contributed by atoms with van der Waals surface area (Å²) in [5.41, 5.74) is 2.27. The second kappa shape index (κ2) is 10.2. The van der Waals surface area contributed by atoms with E-state index in [-0.39, 0.29) is 6.10 Å². The molecule has 0 N–H and O–H groups in total. The minimum Gasteiger partial charge on any atom is -0.462 e. The van der Waals surface area contributed by atoms with Gasteiger partial charge in [0.25, 0.3) is 0 Å². The van der Waals surface area contributed by atoms with Gasteiger partial charge in [-0.3, -0.25) is 9.28 Å². The highest BCUT2D eigenvalue weighted by atomic mass is 16.5. The minimum atomic E-state index is -0.755. The molecular weight excluding hydrogens is 312 g/mol. The van der Waals surface area contributed by atoms with E-state index in [0.717, 1.165) is 24.9 Å². The second-order valence-corrected chi connectivity index (χ2v) is 7.48. The molecule has 4 nitrogen and oxygen atoms in total. The quantitative estimate of drug-likeness (QED) is 0.354. The molecule has 1 aromatic rings. The topological polar surface area (TPSA) is 50.1 Å². The molecule has 0 aliphatic rings. The molecule has 0 fully saturated rings. The summed E-state index contributed by atoms with van der Waals surface area (Å²) in [6, 6.07) is 10.3. The molecule has 138 valence electrons. The van der Waals surface area contributed by atoms with Crippen molar-refractivity contribution in [2.24, 2.45) is 5.92 Å². The van der Waals surface area contributed by atoms with Crippen LogP contribution in [0, 0.1) is 24.2 Å². The molecule has 0 aliphatic carbocycles. The third kappa shape index (κ3) is 7.27. The van der Waals surface area contributed by atoms with Crippen molar-refractivity contribution in [3.63, 3.8) is 0 Å². The van der Waals surface area contributed by atoms with E-state index in [2.05, 4.69) is 13.0 Å². The average molecular weight is 346 g/mol. The van der Waals surface area contributed by atoms with E-state index < -0.39 is 11.9 Å². The number of aryl methyl sites for hydroxylation is 1. The van der Waals surface area contributed by atoms with Gasteiger partial charge in [0.05, 0.1) is 26.3 Å². The summed E-state index contributed by atoms with van der Waals surface area (Å²) in [6.45, 7) is 6.54. The first-order valence-electron chi connectivity index (χ1n) is 9.30. The lowest BCUT2D eigenvalue weighted by atomic mass is 10.1. The molecule has 0 amide bonds. The molecule has 25 heavy (non-hydrogen) atoms. The van der Waals surface area contributed by atoms with Gasteiger partial charge in [-0.2, -0.15) is 5.26 Å². The molecule has 2 atom stereocenters. The highest BCUT2D eigenvalue weighted by Gasteiger charge is 2.31. The number of carbonyl (C=O) groups excluding carboxylic acids is 1. The largest absolute Gasteiger partial charge is 0.462 e. The zero-order valence-electron chi connectivity index (χ0n) is 16.4. The number of hydrogen-bond donors (Lipinski definition) is 0. The Morgan fingerprint density at radius 2 is 1.84 bits per heavy atom. The van der Waals surface area contributed by atoms with Crippen molar-refractivity contribution < 1.29 is 9.53 Å². The van der Waals surface area contributed by atoms with Crippen molar-refractivity contribution >= 4 is 11.7 Å². The first-order valence-corrected chi connectivity index (χ1v) is 9.30. The van der Waals surface area contributed by atoms with Gasteiger partial charge in [0.2, 0.25) is 0 Å². The Balaban J connectivity index is 2.60. The molecule has 2 unspecified atom stereocenters. The highest BCUT2D eigenvalue weighted by molar-refractivity contribution is 5.76. The third-order valence-corrected chi connectivity index (χ3v) is 4.59. The molecule has 0 heterocycles. The molecule has 0 radical (unpaired) electrons. The monoisotopic (exact) mass is 345 g/mol. The summed E-state index contributed by atoms with van der Waals surface area (Å²) in [7, 11) is 4.02. The predicted octanol–water partition coefficient (Wildman–Crippen LogP) is 4.60. The average Bonchev–Trinajstić information content (AvgIpc) is 2.57. The summed E-state index contributed by atoms with van der Waals surface area (Å²) in [5, 5.41) is 9.45.